The van der Waals surface area contributed by atoms with Gasteiger partial charge in [0, 0.05) is 6.54 Å². The first-order chi connectivity index (χ1) is 9.20. The van der Waals surface area contributed by atoms with Crippen molar-refractivity contribution >= 4 is 5.97 Å². The van der Waals surface area contributed by atoms with E-state index in [1.54, 1.807) is 4.68 Å². The van der Waals surface area contributed by atoms with Crippen molar-refractivity contribution in [1.29, 1.82) is 0 Å². The zero-order valence-corrected chi connectivity index (χ0v) is 11.9. The molecule has 5 heteroatoms. The lowest BCUT2D eigenvalue weighted by atomic mass is 10.1. The van der Waals surface area contributed by atoms with Crippen molar-refractivity contribution in [2.45, 2.75) is 52.5 Å². The molecule has 0 aliphatic heterocycles. The first-order valence-electron chi connectivity index (χ1n) is 6.88. The predicted octanol–water partition coefficient (Wildman–Crippen LogP) is 2.90. The zero-order valence-electron chi connectivity index (χ0n) is 11.9. The number of hydrogen-bond donors (Lipinski definition) is 0. The Morgan fingerprint density at radius 2 is 2.11 bits per heavy atom. The molecule has 106 valence electrons. The van der Waals surface area contributed by atoms with Gasteiger partial charge < -0.3 is 4.74 Å². The average molecular weight is 265 g/mol. The largest absolute Gasteiger partial charge is 0.457 e. The van der Waals surface area contributed by atoms with E-state index < -0.39 is 5.97 Å². The maximum Gasteiger partial charge on any atom is 0.361 e. The van der Waals surface area contributed by atoms with Gasteiger partial charge in [-0.2, -0.15) is 0 Å². The summed E-state index contributed by atoms with van der Waals surface area (Å²) < 4.78 is 6.73. The van der Waals surface area contributed by atoms with Gasteiger partial charge in [-0.1, -0.05) is 50.5 Å². The van der Waals surface area contributed by atoms with Gasteiger partial charge in [0.05, 0.1) is 5.69 Å². The second-order valence-electron chi connectivity index (χ2n) is 4.55. The van der Waals surface area contributed by atoms with E-state index in [1.807, 2.05) is 6.92 Å². The van der Waals surface area contributed by atoms with Gasteiger partial charge in [-0.05, 0) is 13.3 Å². The van der Waals surface area contributed by atoms with Crippen molar-refractivity contribution in [2.24, 2.45) is 0 Å². The lowest BCUT2D eigenvalue weighted by molar-refractivity contribution is 0.0542. The van der Waals surface area contributed by atoms with Crippen LogP contribution in [0.5, 0.6) is 0 Å². The van der Waals surface area contributed by atoms with Crippen LogP contribution in [0.1, 0.15) is 55.2 Å². The molecule has 1 aromatic rings. The number of unbranched alkanes of at least 4 members (excludes halogenated alkanes) is 4. The van der Waals surface area contributed by atoms with Gasteiger partial charge in [0.1, 0.15) is 6.61 Å². The summed E-state index contributed by atoms with van der Waals surface area (Å²) in [6.45, 7) is 8.54. The van der Waals surface area contributed by atoms with Crippen molar-refractivity contribution in [3.8, 4) is 0 Å². The maximum absolute atomic E-state index is 11.7. The van der Waals surface area contributed by atoms with E-state index in [2.05, 4.69) is 23.8 Å². The van der Waals surface area contributed by atoms with Crippen molar-refractivity contribution in [1.82, 2.24) is 15.0 Å². The monoisotopic (exact) mass is 265 g/mol. The van der Waals surface area contributed by atoms with E-state index in [0.717, 1.165) is 18.7 Å². The fourth-order valence-corrected chi connectivity index (χ4v) is 1.83. The minimum absolute atomic E-state index is 0.197. The third-order valence-electron chi connectivity index (χ3n) is 2.98. The maximum atomic E-state index is 11.7. The van der Waals surface area contributed by atoms with Crippen LogP contribution < -0.4 is 0 Å². The smallest absolute Gasteiger partial charge is 0.361 e. The molecule has 0 aliphatic carbocycles. The van der Waals surface area contributed by atoms with Crippen LogP contribution in [0.3, 0.4) is 0 Å². The van der Waals surface area contributed by atoms with Crippen molar-refractivity contribution in [3.05, 3.63) is 24.0 Å². The molecule has 0 atom stereocenters. The Morgan fingerprint density at radius 3 is 2.79 bits per heavy atom. The van der Waals surface area contributed by atoms with E-state index >= 15 is 0 Å². The van der Waals surface area contributed by atoms with Crippen molar-refractivity contribution < 1.29 is 9.53 Å². The molecule has 1 aromatic heterocycles. The molecule has 0 amide bonds. The standard InChI is InChI=1S/C14H23N3O2/c1-4-6-7-8-9-10-17-12(3)13(15-16-17)14(18)19-11-5-2/h5H,2,4,6-11H2,1,3H3. The van der Waals surface area contributed by atoms with Gasteiger partial charge in [0.25, 0.3) is 0 Å². The predicted molar refractivity (Wildman–Crippen MR) is 74.0 cm³/mol. The Hall–Kier alpha value is -1.65. The van der Waals surface area contributed by atoms with Crippen LogP contribution in [0.25, 0.3) is 0 Å². The van der Waals surface area contributed by atoms with E-state index in [0.29, 0.717) is 5.69 Å². The van der Waals surface area contributed by atoms with E-state index in [4.69, 9.17) is 4.74 Å². The van der Waals surface area contributed by atoms with Gasteiger partial charge >= 0.3 is 5.97 Å². The normalized spacial score (nSPS) is 10.4. The van der Waals surface area contributed by atoms with Crippen LogP contribution in [0, 0.1) is 6.92 Å². The number of esters is 1. The highest BCUT2D eigenvalue weighted by Crippen LogP contribution is 2.09. The number of nitrogens with zero attached hydrogens (tertiary/aromatic N) is 3. The van der Waals surface area contributed by atoms with Gasteiger partial charge in [0.2, 0.25) is 0 Å². The number of carbonyl (C=O) groups is 1. The average Bonchev–Trinajstić information content (AvgIpc) is 2.77. The lowest BCUT2D eigenvalue weighted by Crippen LogP contribution is -2.08. The molecule has 0 aromatic carbocycles. The summed E-state index contributed by atoms with van der Waals surface area (Å²) in [5.74, 6) is -0.436. The number of rotatable bonds is 9. The van der Waals surface area contributed by atoms with Crippen LogP contribution in [0.2, 0.25) is 0 Å². The topological polar surface area (TPSA) is 57.0 Å². The molecule has 0 saturated carbocycles. The van der Waals surface area contributed by atoms with E-state index in [1.165, 1.54) is 31.8 Å². The number of ether oxygens (including phenoxy) is 1. The Balaban J connectivity index is 2.46. The fraction of sp³-hybridized carbons (Fsp3) is 0.643. The van der Waals surface area contributed by atoms with Crippen LogP contribution in [-0.4, -0.2) is 27.6 Å². The summed E-state index contributed by atoms with van der Waals surface area (Å²) in [4.78, 5) is 11.7. The number of aryl methyl sites for hydroxylation is 1. The van der Waals surface area contributed by atoms with Crippen LogP contribution in [-0.2, 0) is 11.3 Å². The van der Waals surface area contributed by atoms with Gasteiger partial charge in [-0.25, -0.2) is 9.48 Å². The van der Waals surface area contributed by atoms with Crippen molar-refractivity contribution in [2.75, 3.05) is 6.61 Å². The molecule has 1 heterocycles. The summed E-state index contributed by atoms with van der Waals surface area (Å²) >= 11 is 0. The molecule has 0 unspecified atom stereocenters. The molecule has 5 nitrogen and oxygen atoms in total. The Labute approximate surface area is 114 Å². The first-order valence-corrected chi connectivity index (χ1v) is 6.88. The Morgan fingerprint density at radius 1 is 1.37 bits per heavy atom. The molecule has 0 bridgehead atoms. The van der Waals surface area contributed by atoms with E-state index in [-0.39, 0.29) is 6.61 Å². The highest BCUT2D eigenvalue weighted by atomic mass is 16.5. The second kappa shape index (κ2) is 8.45. The summed E-state index contributed by atoms with van der Waals surface area (Å²) in [6, 6.07) is 0. The first kappa shape index (κ1) is 15.4. The number of hydrogen-bond acceptors (Lipinski definition) is 4. The summed E-state index contributed by atoms with van der Waals surface area (Å²) in [5.41, 5.74) is 1.07. The van der Waals surface area contributed by atoms with E-state index in [9.17, 15) is 4.79 Å². The molecule has 0 spiro atoms. The lowest BCUT2D eigenvalue weighted by Gasteiger charge is -2.03. The number of aromatic nitrogens is 3. The van der Waals surface area contributed by atoms with Crippen LogP contribution in [0.15, 0.2) is 12.7 Å². The van der Waals surface area contributed by atoms with Gasteiger partial charge in [-0.15, -0.1) is 5.10 Å². The molecule has 0 radical (unpaired) electrons. The summed E-state index contributed by atoms with van der Waals surface area (Å²) in [5, 5.41) is 7.89. The molecular formula is C14H23N3O2. The molecule has 1 rings (SSSR count). The van der Waals surface area contributed by atoms with Gasteiger partial charge in [-0.3, -0.25) is 0 Å². The second-order valence-corrected chi connectivity index (χ2v) is 4.55. The van der Waals surface area contributed by atoms with Crippen molar-refractivity contribution in [3.63, 3.8) is 0 Å². The highest BCUT2D eigenvalue weighted by molar-refractivity contribution is 5.88. The minimum Gasteiger partial charge on any atom is -0.457 e. The molecule has 0 aliphatic rings. The molecule has 0 saturated heterocycles. The third kappa shape index (κ3) is 4.85. The minimum atomic E-state index is -0.436. The number of carbonyl (C=O) groups excluding carboxylic acids is 1. The van der Waals surface area contributed by atoms with Crippen LogP contribution >= 0.6 is 0 Å². The molecule has 19 heavy (non-hydrogen) atoms. The molecule has 0 fully saturated rings. The SMILES string of the molecule is C=CCOC(=O)c1nnn(CCCCCCC)c1C. The fourth-order valence-electron chi connectivity index (χ4n) is 1.83. The third-order valence-corrected chi connectivity index (χ3v) is 2.98. The molecule has 0 N–H and O–H groups in total. The highest BCUT2D eigenvalue weighted by Gasteiger charge is 2.17. The summed E-state index contributed by atoms with van der Waals surface area (Å²) in [7, 11) is 0. The summed E-state index contributed by atoms with van der Waals surface area (Å²) in [6.07, 6.45) is 7.54. The Kier molecular flexibility index (Phi) is 6.85. The Bertz CT molecular complexity index is 413. The zero-order chi connectivity index (χ0) is 14.1. The van der Waals surface area contributed by atoms with Gasteiger partial charge in [0.15, 0.2) is 5.69 Å². The van der Waals surface area contributed by atoms with Crippen LogP contribution in [0.4, 0.5) is 0 Å². The quantitative estimate of drug-likeness (QED) is 0.391. The molecular weight excluding hydrogens is 242 g/mol.